The van der Waals surface area contributed by atoms with Gasteiger partial charge in [-0.15, -0.1) is 0 Å². The van der Waals surface area contributed by atoms with E-state index in [2.05, 4.69) is 16.7 Å². The van der Waals surface area contributed by atoms with Crippen LogP contribution in [0.15, 0.2) is 51.7 Å². The number of nitrogens with one attached hydrogen (secondary N) is 2. The highest BCUT2D eigenvalue weighted by molar-refractivity contribution is 5.82. The van der Waals surface area contributed by atoms with Gasteiger partial charge in [-0.2, -0.15) is 5.26 Å². The first-order valence-electron chi connectivity index (χ1n) is 11.8. The molecule has 1 aliphatic heterocycles. The van der Waals surface area contributed by atoms with Crippen LogP contribution in [0.5, 0.6) is 0 Å². The molecule has 3 atom stereocenters. The lowest BCUT2D eigenvalue weighted by molar-refractivity contribution is -0.136. The van der Waals surface area contributed by atoms with Gasteiger partial charge in [-0.1, -0.05) is 43.7 Å². The number of benzene rings is 2. The van der Waals surface area contributed by atoms with E-state index < -0.39 is 23.5 Å². The Balaban J connectivity index is 1.38. The minimum Gasteiger partial charge on any atom is -0.408 e. The summed E-state index contributed by atoms with van der Waals surface area (Å²) >= 11 is 0. The van der Waals surface area contributed by atoms with E-state index in [9.17, 15) is 20.0 Å². The highest BCUT2D eigenvalue weighted by Gasteiger charge is 2.33. The minimum absolute atomic E-state index is 0.0728. The number of amides is 1. The van der Waals surface area contributed by atoms with E-state index in [4.69, 9.17) is 9.15 Å². The quantitative estimate of drug-likeness (QED) is 0.473. The second-order valence-electron chi connectivity index (χ2n) is 9.11. The average molecular weight is 479 g/mol. The van der Waals surface area contributed by atoms with Crippen LogP contribution in [0, 0.1) is 11.3 Å². The average Bonchev–Trinajstić information content (AvgIpc) is 3.00. The number of rotatable bonds is 7. The molecular weight excluding hydrogens is 448 g/mol. The van der Waals surface area contributed by atoms with Crippen molar-refractivity contribution in [1.29, 1.82) is 5.26 Å². The van der Waals surface area contributed by atoms with E-state index in [1.54, 1.807) is 13.1 Å². The predicted octanol–water partition coefficient (Wildman–Crippen LogP) is 1.87. The van der Waals surface area contributed by atoms with Gasteiger partial charge in [0.1, 0.15) is 17.7 Å². The number of carbonyl (C=O) groups excluding carboxylic acids is 1. The smallest absolute Gasteiger partial charge is 0.408 e. The molecule has 2 heterocycles. The molecule has 3 N–H and O–H groups in total. The Bertz CT molecular complexity index is 1290. The van der Waals surface area contributed by atoms with E-state index in [0.717, 1.165) is 23.1 Å². The number of hydrogen-bond acceptors (Lipinski definition) is 7. The maximum Gasteiger partial charge on any atom is 0.419 e. The highest BCUT2D eigenvalue weighted by atomic mass is 16.5. The van der Waals surface area contributed by atoms with Crippen LogP contribution >= 0.6 is 0 Å². The second-order valence-corrected chi connectivity index (χ2v) is 9.11. The number of fused-ring (bicyclic) bond motifs is 1. The third kappa shape index (κ3) is 5.62. The molecule has 9 nitrogen and oxygen atoms in total. The van der Waals surface area contributed by atoms with Crippen molar-refractivity contribution in [3.8, 4) is 17.2 Å². The van der Waals surface area contributed by atoms with Crippen LogP contribution in [-0.2, 0) is 23.0 Å². The topological polar surface area (TPSA) is 130 Å². The molecule has 0 bridgehead atoms. The zero-order valence-electron chi connectivity index (χ0n) is 19.9. The van der Waals surface area contributed by atoms with Gasteiger partial charge in [0.05, 0.1) is 18.2 Å². The summed E-state index contributed by atoms with van der Waals surface area (Å²) < 4.78 is 12.3. The maximum atomic E-state index is 12.7. The van der Waals surface area contributed by atoms with Gasteiger partial charge in [0.15, 0.2) is 5.58 Å². The van der Waals surface area contributed by atoms with Crippen LogP contribution in [-0.4, -0.2) is 53.0 Å². The fraction of sp³-hybridized carbons (Fsp3) is 0.423. The third-order valence-electron chi connectivity index (χ3n) is 6.34. The molecule has 184 valence electrons. The summed E-state index contributed by atoms with van der Waals surface area (Å²) in [7, 11) is 1.67. The first-order chi connectivity index (χ1) is 16.8. The predicted molar refractivity (Wildman–Crippen MR) is 131 cm³/mol. The van der Waals surface area contributed by atoms with Crippen molar-refractivity contribution < 1.29 is 19.1 Å². The SMILES string of the molecule is CCCC1(O)CNC[C@@H](C(=O)N[C@H](C#N)Cc2ccc(-c3ccc4oc(=O)n(C)c4c3)cc2)OC1. The fourth-order valence-corrected chi connectivity index (χ4v) is 4.36. The zero-order chi connectivity index (χ0) is 25.0. The number of oxazole rings is 1. The van der Waals surface area contributed by atoms with E-state index in [-0.39, 0.29) is 19.1 Å². The Morgan fingerprint density at radius 1 is 1.31 bits per heavy atom. The lowest BCUT2D eigenvalue weighted by Crippen LogP contribution is -2.46. The Hall–Kier alpha value is -3.45. The molecule has 1 fully saturated rings. The van der Waals surface area contributed by atoms with E-state index in [0.29, 0.717) is 30.5 Å². The van der Waals surface area contributed by atoms with Crippen molar-refractivity contribution in [2.24, 2.45) is 7.05 Å². The number of aliphatic hydroxyl groups is 1. The van der Waals surface area contributed by atoms with Gasteiger partial charge >= 0.3 is 5.76 Å². The van der Waals surface area contributed by atoms with Crippen molar-refractivity contribution in [2.45, 2.75) is 43.9 Å². The van der Waals surface area contributed by atoms with Gasteiger partial charge in [0.25, 0.3) is 5.91 Å². The number of aryl methyl sites for hydroxylation is 1. The summed E-state index contributed by atoms with van der Waals surface area (Å²) in [6.45, 7) is 2.70. The van der Waals surface area contributed by atoms with E-state index in [1.807, 2.05) is 43.3 Å². The summed E-state index contributed by atoms with van der Waals surface area (Å²) in [5, 5.41) is 26.0. The molecule has 4 rings (SSSR count). The molecule has 0 saturated carbocycles. The number of hydrogen-bond donors (Lipinski definition) is 3. The minimum atomic E-state index is -0.989. The Morgan fingerprint density at radius 2 is 2.06 bits per heavy atom. The van der Waals surface area contributed by atoms with E-state index >= 15 is 0 Å². The molecule has 1 saturated heterocycles. The van der Waals surface area contributed by atoms with Crippen molar-refractivity contribution in [2.75, 3.05) is 19.7 Å². The highest BCUT2D eigenvalue weighted by Crippen LogP contribution is 2.24. The van der Waals surface area contributed by atoms with Crippen LogP contribution in [0.1, 0.15) is 25.3 Å². The van der Waals surface area contributed by atoms with Gasteiger partial charge in [-0.3, -0.25) is 9.36 Å². The van der Waals surface area contributed by atoms with Gasteiger partial charge in [0.2, 0.25) is 0 Å². The van der Waals surface area contributed by atoms with Crippen LogP contribution in [0.2, 0.25) is 0 Å². The van der Waals surface area contributed by atoms with Crippen LogP contribution in [0.4, 0.5) is 0 Å². The molecule has 0 aliphatic carbocycles. The zero-order valence-corrected chi connectivity index (χ0v) is 19.9. The van der Waals surface area contributed by atoms with Crippen LogP contribution in [0.3, 0.4) is 0 Å². The number of carbonyl (C=O) groups is 1. The number of nitriles is 1. The van der Waals surface area contributed by atoms with Crippen molar-refractivity contribution in [3.05, 3.63) is 58.6 Å². The lowest BCUT2D eigenvalue weighted by atomic mass is 9.99. The standard InChI is InChI=1S/C26H30N4O5/c1-3-10-26(33)15-28-14-23(34-16-26)24(31)29-20(13-27)11-17-4-6-18(7-5-17)19-8-9-22-21(12-19)30(2)25(32)35-22/h4-9,12,20,23,28,33H,3,10-11,14-16H2,1-2H3,(H,29,31)/t20-,23-,26?/m0/s1. The number of β-amino-alcohol motifs (C(OH)–C–C–N with tert-alkyl or cyclic N) is 1. The Labute approximate surface area is 203 Å². The summed E-state index contributed by atoms with van der Waals surface area (Å²) in [6.07, 6.45) is 0.968. The van der Waals surface area contributed by atoms with Crippen molar-refractivity contribution in [3.63, 3.8) is 0 Å². The molecule has 1 aromatic heterocycles. The van der Waals surface area contributed by atoms with Gasteiger partial charge in [-0.05, 0) is 35.2 Å². The van der Waals surface area contributed by atoms with Crippen LogP contribution < -0.4 is 16.4 Å². The largest absolute Gasteiger partial charge is 0.419 e. The normalized spacial score (nSPS) is 21.3. The summed E-state index contributed by atoms with van der Waals surface area (Å²) in [4.78, 5) is 24.4. The summed E-state index contributed by atoms with van der Waals surface area (Å²) in [6, 6.07) is 14.7. The molecule has 35 heavy (non-hydrogen) atoms. The van der Waals surface area contributed by atoms with Crippen molar-refractivity contribution >= 4 is 17.0 Å². The monoisotopic (exact) mass is 478 g/mol. The fourth-order valence-electron chi connectivity index (χ4n) is 4.36. The molecule has 0 radical (unpaired) electrons. The molecular formula is C26H30N4O5. The molecule has 1 aliphatic rings. The van der Waals surface area contributed by atoms with Gasteiger partial charge in [-0.25, -0.2) is 4.79 Å². The molecule has 1 unspecified atom stereocenters. The second kappa shape index (κ2) is 10.4. The number of ether oxygens (including phenoxy) is 1. The van der Waals surface area contributed by atoms with Crippen molar-refractivity contribution in [1.82, 2.24) is 15.2 Å². The first-order valence-corrected chi connectivity index (χ1v) is 11.8. The summed E-state index contributed by atoms with van der Waals surface area (Å²) in [5.41, 5.74) is 3.05. The van der Waals surface area contributed by atoms with Crippen LogP contribution in [0.25, 0.3) is 22.2 Å². The van der Waals surface area contributed by atoms with E-state index in [1.165, 1.54) is 4.57 Å². The molecule has 1 amide bonds. The van der Waals surface area contributed by atoms with Gasteiger partial charge < -0.3 is 24.9 Å². The number of nitrogens with zero attached hydrogens (tertiary/aromatic N) is 2. The Kier molecular flexibility index (Phi) is 7.36. The first kappa shape index (κ1) is 24.7. The Morgan fingerprint density at radius 3 is 2.77 bits per heavy atom. The maximum absolute atomic E-state index is 12.7. The third-order valence-corrected chi connectivity index (χ3v) is 6.34. The lowest BCUT2D eigenvalue weighted by Gasteiger charge is -2.25. The summed E-state index contributed by atoms with van der Waals surface area (Å²) in [5.74, 6) is -0.779. The molecule has 3 aromatic rings. The molecule has 0 spiro atoms. The van der Waals surface area contributed by atoms with Gasteiger partial charge in [0, 0.05) is 26.6 Å². The molecule has 2 aromatic carbocycles. The number of aromatic nitrogens is 1. The molecule has 9 heteroatoms.